The Morgan fingerprint density at radius 1 is 0.739 bits per heavy atom. The van der Waals surface area contributed by atoms with Crippen molar-refractivity contribution in [2.75, 3.05) is 0 Å². The Labute approximate surface area is 138 Å². The minimum Gasteiger partial charge on any atom is -0.0654 e. The highest BCUT2D eigenvalue weighted by atomic mass is 14.3. The van der Waals surface area contributed by atoms with Gasteiger partial charge in [0.1, 0.15) is 0 Å². The number of hydrogen-bond acceptors (Lipinski definition) is 0. The predicted octanol–water partition coefficient (Wildman–Crippen LogP) is 6.28. The number of fused-ring (bicyclic) bond motifs is 3. The molecule has 113 valence electrons. The van der Waals surface area contributed by atoms with Crippen molar-refractivity contribution >= 4 is 0 Å². The van der Waals surface area contributed by atoms with Gasteiger partial charge in [-0.25, -0.2) is 0 Å². The smallest absolute Gasteiger partial charge is 0.0212 e. The molecular weight excluding hydrogens is 276 g/mol. The molecule has 0 saturated carbocycles. The first-order valence-electron chi connectivity index (χ1n) is 8.53. The van der Waals surface area contributed by atoms with Gasteiger partial charge in [-0.05, 0) is 51.8 Å². The highest BCUT2D eigenvalue weighted by molar-refractivity contribution is 5.93. The zero-order chi connectivity index (χ0) is 15.6. The fraction of sp³-hybridized carbons (Fsp3) is 0.174. The third-order valence-corrected chi connectivity index (χ3v) is 4.67. The molecule has 0 bridgehead atoms. The molecule has 0 aromatic heterocycles. The van der Waals surface area contributed by atoms with Crippen molar-refractivity contribution in [1.82, 2.24) is 0 Å². The topological polar surface area (TPSA) is 0 Å². The predicted molar refractivity (Wildman–Crippen MR) is 98.4 cm³/mol. The van der Waals surface area contributed by atoms with E-state index in [1.165, 1.54) is 51.8 Å². The van der Waals surface area contributed by atoms with Gasteiger partial charge in [-0.15, -0.1) is 0 Å². The first-order valence-corrected chi connectivity index (χ1v) is 8.53. The van der Waals surface area contributed by atoms with Crippen LogP contribution in [-0.2, 0) is 6.42 Å². The fourth-order valence-electron chi connectivity index (χ4n) is 3.53. The maximum Gasteiger partial charge on any atom is 0.0212 e. The van der Waals surface area contributed by atoms with Crippen LogP contribution in [0, 0.1) is 6.42 Å². The summed E-state index contributed by atoms with van der Waals surface area (Å²) < 4.78 is 0. The molecule has 4 rings (SSSR count). The molecule has 0 spiro atoms. The molecule has 1 radical (unpaired) electrons. The van der Waals surface area contributed by atoms with Crippen molar-refractivity contribution in [1.29, 1.82) is 0 Å². The molecule has 0 nitrogen and oxygen atoms in total. The average molecular weight is 297 g/mol. The van der Waals surface area contributed by atoms with Crippen LogP contribution in [-0.4, -0.2) is 0 Å². The summed E-state index contributed by atoms with van der Waals surface area (Å²) in [5.74, 6) is 0. The van der Waals surface area contributed by atoms with E-state index in [4.69, 9.17) is 0 Å². The van der Waals surface area contributed by atoms with E-state index in [1.807, 2.05) is 0 Å². The highest BCUT2D eigenvalue weighted by Gasteiger charge is 2.22. The van der Waals surface area contributed by atoms with Gasteiger partial charge in [-0.3, -0.25) is 0 Å². The van der Waals surface area contributed by atoms with E-state index >= 15 is 0 Å². The van der Waals surface area contributed by atoms with Gasteiger partial charge >= 0.3 is 0 Å². The molecule has 1 aliphatic carbocycles. The lowest BCUT2D eigenvalue weighted by Gasteiger charge is -2.13. The largest absolute Gasteiger partial charge is 0.0654 e. The Morgan fingerprint density at radius 3 is 2.35 bits per heavy atom. The molecule has 23 heavy (non-hydrogen) atoms. The van der Waals surface area contributed by atoms with Crippen LogP contribution in [0.1, 0.15) is 36.5 Å². The molecule has 0 heterocycles. The van der Waals surface area contributed by atoms with Crippen LogP contribution in [0.5, 0.6) is 0 Å². The fourth-order valence-corrected chi connectivity index (χ4v) is 3.53. The minimum absolute atomic E-state index is 1.16. The molecule has 0 heteroatoms. The summed E-state index contributed by atoms with van der Waals surface area (Å²) in [6.07, 6.45) is 5.99. The summed E-state index contributed by atoms with van der Waals surface area (Å²) in [6.45, 7) is 2.26. The Kier molecular flexibility index (Phi) is 3.75. The molecule has 0 aliphatic heterocycles. The summed E-state index contributed by atoms with van der Waals surface area (Å²) in [4.78, 5) is 0. The van der Waals surface area contributed by atoms with E-state index in [9.17, 15) is 0 Å². The summed E-state index contributed by atoms with van der Waals surface area (Å²) in [7, 11) is 0. The van der Waals surface area contributed by atoms with E-state index in [-0.39, 0.29) is 0 Å². The van der Waals surface area contributed by atoms with Crippen molar-refractivity contribution < 1.29 is 0 Å². The maximum atomic E-state index is 2.40. The number of benzene rings is 3. The van der Waals surface area contributed by atoms with Crippen LogP contribution in [0.2, 0.25) is 0 Å². The number of unbranched alkanes of at least 4 members (excludes halogenated alkanes) is 1. The van der Waals surface area contributed by atoms with Gasteiger partial charge < -0.3 is 0 Å². The molecule has 3 aromatic carbocycles. The zero-order valence-corrected chi connectivity index (χ0v) is 13.5. The second-order valence-electron chi connectivity index (χ2n) is 6.31. The third-order valence-electron chi connectivity index (χ3n) is 4.67. The standard InChI is InChI=1S/C23H21/c1-2-3-9-17-14-20-16-19-12-7-8-13-21(19)23(20)22(15-17)18-10-5-4-6-11-18/h4-8,10-16H,2-3,9H2,1H3. The highest BCUT2D eigenvalue weighted by Crippen LogP contribution is 2.44. The lowest BCUT2D eigenvalue weighted by molar-refractivity contribution is 0.795. The molecule has 0 amide bonds. The van der Waals surface area contributed by atoms with Crippen molar-refractivity contribution in [2.45, 2.75) is 26.2 Å². The normalized spacial score (nSPS) is 12.0. The first kappa shape index (κ1) is 14.3. The van der Waals surface area contributed by atoms with Gasteiger partial charge in [0, 0.05) is 6.42 Å². The summed E-state index contributed by atoms with van der Waals surface area (Å²) >= 11 is 0. The number of aryl methyl sites for hydroxylation is 1. The summed E-state index contributed by atoms with van der Waals surface area (Å²) in [5, 5.41) is 0. The van der Waals surface area contributed by atoms with E-state index in [0.29, 0.717) is 0 Å². The van der Waals surface area contributed by atoms with Gasteiger partial charge in [-0.1, -0.05) is 80.1 Å². The van der Waals surface area contributed by atoms with Crippen LogP contribution in [0.25, 0.3) is 22.3 Å². The van der Waals surface area contributed by atoms with Gasteiger partial charge in [0.25, 0.3) is 0 Å². The second-order valence-corrected chi connectivity index (χ2v) is 6.31. The average Bonchev–Trinajstić information content (AvgIpc) is 2.98. The van der Waals surface area contributed by atoms with E-state index in [2.05, 4.69) is 80.1 Å². The Bertz CT molecular complexity index is 828. The van der Waals surface area contributed by atoms with Crippen molar-refractivity contribution in [2.24, 2.45) is 0 Å². The van der Waals surface area contributed by atoms with Crippen LogP contribution in [0.3, 0.4) is 0 Å². The van der Waals surface area contributed by atoms with Gasteiger partial charge in [0.05, 0.1) is 0 Å². The van der Waals surface area contributed by atoms with E-state index in [1.54, 1.807) is 0 Å². The van der Waals surface area contributed by atoms with Gasteiger partial charge in [-0.2, -0.15) is 0 Å². The lowest BCUT2D eigenvalue weighted by Crippen LogP contribution is -1.92. The van der Waals surface area contributed by atoms with Crippen molar-refractivity contribution in [3.8, 4) is 22.3 Å². The van der Waals surface area contributed by atoms with Gasteiger partial charge in [0.15, 0.2) is 0 Å². The lowest BCUT2D eigenvalue weighted by atomic mass is 9.91. The Balaban J connectivity index is 1.91. The monoisotopic (exact) mass is 297 g/mol. The van der Waals surface area contributed by atoms with Gasteiger partial charge in [0.2, 0.25) is 0 Å². The molecule has 0 unspecified atom stereocenters. The van der Waals surface area contributed by atoms with Crippen LogP contribution in [0.4, 0.5) is 0 Å². The molecule has 3 aromatic rings. The quantitative estimate of drug-likeness (QED) is 0.416. The third kappa shape index (κ3) is 2.59. The van der Waals surface area contributed by atoms with Crippen molar-refractivity contribution in [3.05, 3.63) is 89.8 Å². The molecule has 1 aliphatic rings. The zero-order valence-electron chi connectivity index (χ0n) is 13.5. The SMILES string of the molecule is CCCCc1cc2c(c(-c3ccccc3)c1)-c1ccccc1[CH]2. The molecule has 0 N–H and O–H groups in total. The van der Waals surface area contributed by atoms with Crippen molar-refractivity contribution in [3.63, 3.8) is 0 Å². The molecule has 0 saturated heterocycles. The Hall–Kier alpha value is -2.34. The van der Waals surface area contributed by atoms with Crippen LogP contribution >= 0.6 is 0 Å². The van der Waals surface area contributed by atoms with E-state index < -0.39 is 0 Å². The van der Waals surface area contributed by atoms with Crippen LogP contribution < -0.4 is 0 Å². The van der Waals surface area contributed by atoms with E-state index in [0.717, 1.165) is 6.42 Å². The minimum atomic E-state index is 1.16. The second kappa shape index (κ2) is 6.04. The number of rotatable bonds is 4. The summed E-state index contributed by atoms with van der Waals surface area (Å²) in [5.41, 5.74) is 9.61. The summed E-state index contributed by atoms with van der Waals surface area (Å²) in [6, 6.07) is 24.3. The first-order chi connectivity index (χ1) is 11.4. The molecule has 0 fully saturated rings. The maximum absolute atomic E-state index is 2.40. The van der Waals surface area contributed by atoms with Crippen LogP contribution in [0.15, 0.2) is 66.7 Å². The molecule has 0 atom stereocenters. The molecular formula is C23H21. The number of hydrogen-bond donors (Lipinski definition) is 0. The Morgan fingerprint density at radius 2 is 1.52 bits per heavy atom.